The normalized spacial score (nSPS) is 10.9. The quantitative estimate of drug-likeness (QED) is 0.722. The first-order chi connectivity index (χ1) is 7.44. The van der Waals surface area contributed by atoms with E-state index in [0.717, 1.165) is 0 Å². The molecule has 0 saturated heterocycles. The number of rotatable bonds is 4. The molecule has 16 heavy (non-hydrogen) atoms. The van der Waals surface area contributed by atoms with Crippen molar-refractivity contribution in [2.45, 2.75) is 26.2 Å². The van der Waals surface area contributed by atoms with E-state index in [1.54, 1.807) is 30.3 Å². The smallest absolute Gasteiger partial charge is 0.169 e. The van der Waals surface area contributed by atoms with Crippen molar-refractivity contribution in [2.75, 3.05) is 0 Å². The maximum Gasteiger partial charge on any atom is 0.169 e. The molecule has 0 amide bonds. The van der Waals surface area contributed by atoms with Gasteiger partial charge in [0.25, 0.3) is 0 Å². The fourth-order valence-corrected chi connectivity index (χ4v) is 2.04. The van der Waals surface area contributed by atoms with Crippen LogP contribution < -0.4 is 0 Å². The predicted octanol–water partition coefficient (Wildman–Crippen LogP) is 1.69. The van der Waals surface area contributed by atoms with E-state index in [9.17, 15) is 14.4 Å². The fraction of sp³-hybridized carbons (Fsp3) is 0.308. The van der Waals surface area contributed by atoms with Crippen LogP contribution in [-0.2, 0) is 19.8 Å². The summed E-state index contributed by atoms with van der Waals surface area (Å²) < 4.78 is 0. The van der Waals surface area contributed by atoms with Crippen LogP contribution in [0.5, 0.6) is 0 Å². The molecule has 1 aromatic carbocycles. The van der Waals surface area contributed by atoms with E-state index < -0.39 is 22.8 Å². The molecular formula is C13H14O3. The maximum absolute atomic E-state index is 11.7. The summed E-state index contributed by atoms with van der Waals surface area (Å²) in [5, 5.41) is 0. The standard InChI is InChI=1S/C13H14O3/c1-9(14)13(10(2)15,11(3)16)12-7-5-4-6-8-12/h4-8H,1-3H3. The van der Waals surface area contributed by atoms with Gasteiger partial charge in [-0.3, -0.25) is 14.4 Å². The van der Waals surface area contributed by atoms with Crippen LogP contribution in [0.1, 0.15) is 26.3 Å². The fourth-order valence-electron chi connectivity index (χ4n) is 2.04. The number of benzene rings is 1. The Hall–Kier alpha value is -1.77. The molecule has 0 aliphatic rings. The molecule has 0 fully saturated rings. The third-order valence-electron chi connectivity index (χ3n) is 2.79. The van der Waals surface area contributed by atoms with Gasteiger partial charge < -0.3 is 0 Å². The average molecular weight is 218 g/mol. The lowest BCUT2D eigenvalue weighted by molar-refractivity contribution is -0.140. The summed E-state index contributed by atoms with van der Waals surface area (Å²) in [6.07, 6.45) is 0. The first-order valence-electron chi connectivity index (χ1n) is 5.02. The molecule has 0 saturated carbocycles. The monoisotopic (exact) mass is 218 g/mol. The zero-order valence-electron chi connectivity index (χ0n) is 9.61. The lowest BCUT2D eigenvalue weighted by Gasteiger charge is -2.25. The summed E-state index contributed by atoms with van der Waals surface area (Å²) in [7, 11) is 0. The molecule has 1 rings (SSSR count). The van der Waals surface area contributed by atoms with Gasteiger partial charge in [0.2, 0.25) is 0 Å². The van der Waals surface area contributed by atoms with E-state index in [2.05, 4.69) is 0 Å². The van der Waals surface area contributed by atoms with Crippen molar-refractivity contribution in [2.24, 2.45) is 0 Å². The maximum atomic E-state index is 11.7. The number of ketones is 3. The van der Waals surface area contributed by atoms with E-state index in [1.807, 2.05) is 0 Å². The molecule has 0 bridgehead atoms. The van der Waals surface area contributed by atoms with Gasteiger partial charge in [-0.1, -0.05) is 30.3 Å². The van der Waals surface area contributed by atoms with E-state index in [4.69, 9.17) is 0 Å². The molecule has 0 aliphatic heterocycles. The van der Waals surface area contributed by atoms with Gasteiger partial charge in [0.1, 0.15) is 0 Å². The largest absolute Gasteiger partial charge is 0.298 e. The van der Waals surface area contributed by atoms with Crippen molar-refractivity contribution in [3.05, 3.63) is 35.9 Å². The Bertz CT molecular complexity index is 396. The summed E-state index contributed by atoms with van der Waals surface area (Å²) in [5.74, 6) is -1.30. The van der Waals surface area contributed by atoms with Gasteiger partial charge in [-0.25, -0.2) is 0 Å². The second-order valence-electron chi connectivity index (χ2n) is 3.78. The van der Waals surface area contributed by atoms with Gasteiger partial charge >= 0.3 is 0 Å². The van der Waals surface area contributed by atoms with Crippen LogP contribution >= 0.6 is 0 Å². The molecule has 0 atom stereocenters. The highest BCUT2D eigenvalue weighted by Crippen LogP contribution is 2.27. The summed E-state index contributed by atoms with van der Waals surface area (Å²) in [6.45, 7) is 3.82. The topological polar surface area (TPSA) is 51.2 Å². The van der Waals surface area contributed by atoms with Crippen molar-refractivity contribution >= 4 is 17.3 Å². The Morgan fingerprint density at radius 3 is 1.50 bits per heavy atom. The number of hydrogen-bond donors (Lipinski definition) is 0. The first kappa shape index (κ1) is 12.3. The van der Waals surface area contributed by atoms with Gasteiger partial charge in [0, 0.05) is 0 Å². The molecule has 0 heterocycles. The van der Waals surface area contributed by atoms with E-state index in [-0.39, 0.29) is 0 Å². The predicted molar refractivity (Wildman–Crippen MR) is 60.2 cm³/mol. The Balaban J connectivity index is 3.52. The van der Waals surface area contributed by atoms with Crippen LogP contribution in [0, 0.1) is 0 Å². The summed E-state index contributed by atoms with van der Waals surface area (Å²) in [5.41, 5.74) is -1.18. The van der Waals surface area contributed by atoms with Crippen LogP contribution in [-0.4, -0.2) is 17.3 Å². The third-order valence-corrected chi connectivity index (χ3v) is 2.79. The minimum absolute atomic E-state index is 0.432. The highest BCUT2D eigenvalue weighted by molar-refractivity contribution is 6.28. The van der Waals surface area contributed by atoms with Crippen molar-refractivity contribution in [3.63, 3.8) is 0 Å². The summed E-state index contributed by atoms with van der Waals surface area (Å²) in [6, 6.07) is 8.45. The highest BCUT2D eigenvalue weighted by Gasteiger charge is 2.46. The minimum atomic E-state index is -1.62. The second kappa shape index (κ2) is 4.39. The molecule has 0 unspecified atom stereocenters. The molecular weight excluding hydrogens is 204 g/mol. The number of carbonyl (C=O) groups excluding carboxylic acids is 3. The molecule has 3 heteroatoms. The van der Waals surface area contributed by atoms with Crippen molar-refractivity contribution < 1.29 is 14.4 Å². The lowest BCUT2D eigenvalue weighted by atomic mass is 9.71. The zero-order valence-corrected chi connectivity index (χ0v) is 9.61. The van der Waals surface area contributed by atoms with Gasteiger partial charge in [0.05, 0.1) is 0 Å². The molecule has 0 aromatic heterocycles. The zero-order chi connectivity index (χ0) is 12.3. The van der Waals surface area contributed by atoms with Gasteiger partial charge in [0.15, 0.2) is 22.8 Å². The van der Waals surface area contributed by atoms with E-state index in [0.29, 0.717) is 5.56 Å². The van der Waals surface area contributed by atoms with Gasteiger partial charge in [-0.15, -0.1) is 0 Å². The minimum Gasteiger partial charge on any atom is -0.298 e. The molecule has 0 spiro atoms. The van der Waals surface area contributed by atoms with Crippen molar-refractivity contribution in [3.8, 4) is 0 Å². The summed E-state index contributed by atoms with van der Waals surface area (Å²) in [4.78, 5) is 35.1. The average Bonchev–Trinajstić information content (AvgIpc) is 2.18. The van der Waals surface area contributed by atoms with Gasteiger partial charge in [-0.2, -0.15) is 0 Å². The third kappa shape index (κ3) is 1.69. The Labute approximate surface area is 94.5 Å². The van der Waals surface area contributed by atoms with Crippen LogP contribution in [0.25, 0.3) is 0 Å². The van der Waals surface area contributed by atoms with Crippen molar-refractivity contribution in [1.29, 1.82) is 0 Å². The number of Topliss-reactive ketones (excluding diaryl/α,β-unsaturated/α-hetero) is 3. The van der Waals surface area contributed by atoms with Crippen LogP contribution in [0.15, 0.2) is 30.3 Å². The molecule has 1 aromatic rings. The molecule has 0 N–H and O–H groups in total. The van der Waals surface area contributed by atoms with Crippen LogP contribution in [0.3, 0.4) is 0 Å². The highest BCUT2D eigenvalue weighted by atomic mass is 16.2. The van der Waals surface area contributed by atoms with Crippen LogP contribution in [0.2, 0.25) is 0 Å². The molecule has 0 aliphatic carbocycles. The Kier molecular flexibility index (Phi) is 3.38. The van der Waals surface area contributed by atoms with Crippen molar-refractivity contribution in [1.82, 2.24) is 0 Å². The van der Waals surface area contributed by atoms with E-state index in [1.165, 1.54) is 20.8 Å². The molecule has 0 radical (unpaired) electrons. The number of carbonyl (C=O) groups is 3. The molecule has 84 valence electrons. The Morgan fingerprint density at radius 2 is 1.19 bits per heavy atom. The van der Waals surface area contributed by atoms with Crippen LogP contribution in [0.4, 0.5) is 0 Å². The van der Waals surface area contributed by atoms with E-state index >= 15 is 0 Å². The SMILES string of the molecule is CC(=O)C(C(C)=O)(C(C)=O)c1ccccc1. The second-order valence-corrected chi connectivity index (χ2v) is 3.78. The summed E-state index contributed by atoms with van der Waals surface area (Å²) >= 11 is 0. The van der Waals surface area contributed by atoms with Gasteiger partial charge in [-0.05, 0) is 26.3 Å². The molecule has 3 nitrogen and oxygen atoms in total. The number of hydrogen-bond acceptors (Lipinski definition) is 3. The lowest BCUT2D eigenvalue weighted by Crippen LogP contribution is -2.47. The Morgan fingerprint density at radius 1 is 0.812 bits per heavy atom. The first-order valence-corrected chi connectivity index (χ1v) is 5.02.